The quantitative estimate of drug-likeness (QED) is 0.923. The van der Waals surface area contributed by atoms with Crippen LogP contribution in [0.5, 0.6) is 0 Å². The van der Waals surface area contributed by atoms with Crippen LogP contribution in [0.3, 0.4) is 0 Å². The first-order valence-electron chi connectivity index (χ1n) is 7.49. The van der Waals surface area contributed by atoms with Gasteiger partial charge in [-0.2, -0.15) is 0 Å². The predicted molar refractivity (Wildman–Crippen MR) is 84.6 cm³/mol. The molecule has 21 heavy (non-hydrogen) atoms. The standard InChI is InChI=1S/C16H25N3O2/c1-13(2)17-16(20)18(3)12-14-4-6-15(7-5-14)19-8-10-21-11-9-19/h4-7,13H,8-12H2,1-3H3,(H,17,20). The molecule has 2 rings (SSSR count). The SMILES string of the molecule is CC(C)NC(=O)N(C)Cc1ccc(N2CCOCC2)cc1. The first-order valence-corrected chi connectivity index (χ1v) is 7.49. The maximum Gasteiger partial charge on any atom is 0.317 e. The highest BCUT2D eigenvalue weighted by atomic mass is 16.5. The van der Waals surface area contributed by atoms with Crippen molar-refractivity contribution in [1.82, 2.24) is 10.2 Å². The second-order valence-electron chi connectivity index (χ2n) is 5.73. The Labute approximate surface area is 126 Å². The van der Waals surface area contributed by atoms with Crippen molar-refractivity contribution in [2.24, 2.45) is 0 Å². The van der Waals surface area contributed by atoms with Gasteiger partial charge in [0.15, 0.2) is 0 Å². The molecule has 1 fully saturated rings. The van der Waals surface area contributed by atoms with E-state index < -0.39 is 0 Å². The van der Waals surface area contributed by atoms with Gasteiger partial charge in [0.05, 0.1) is 13.2 Å². The molecule has 1 aliphatic heterocycles. The lowest BCUT2D eigenvalue weighted by Gasteiger charge is -2.29. The fraction of sp³-hybridized carbons (Fsp3) is 0.562. The molecule has 1 N–H and O–H groups in total. The summed E-state index contributed by atoms with van der Waals surface area (Å²) in [5.41, 5.74) is 2.35. The van der Waals surface area contributed by atoms with E-state index in [1.165, 1.54) is 5.69 Å². The maximum absolute atomic E-state index is 11.9. The molecule has 1 aromatic rings. The number of hydrogen-bond acceptors (Lipinski definition) is 3. The molecule has 116 valence electrons. The summed E-state index contributed by atoms with van der Waals surface area (Å²) < 4.78 is 5.36. The number of urea groups is 1. The van der Waals surface area contributed by atoms with Crippen molar-refractivity contribution in [3.8, 4) is 0 Å². The van der Waals surface area contributed by atoms with Crippen LogP contribution >= 0.6 is 0 Å². The third-order valence-electron chi connectivity index (χ3n) is 3.49. The summed E-state index contributed by atoms with van der Waals surface area (Å²) in [6.45, 7) is 8.00. The molecular formula is C16H25N3O2. The summed E-state index contributed by atoms with van der Waals surface area (Å²) >= 11 is 0. The molecule has 0 saturated carbocycles. The number of rotatable bonds is 4. The van der Waals surface area contributed by atoms with Gasteiger partial charge in [-0.25, -0.2) is 4.79 Å². The van der Waals surface area contributed by atoms with Gasteiger partial charge in [0.1, 0.15) is 0 Å². The van der Waals surface area contributed by atoms with Crippen LogP contribution in [-0.4, -0.2) is 50.3 Å². The van der Waals surface area contributed by atoms with Crippen LogP contribution in [0.25, 0.3) is 0 Å². The Balaban J connectivity index is 1.91. The van der Waals surface area contributed by atoms with Crippen LogP contribution in [-0.2, 0) is 11.3 Å². The predicted octanol–water partition coefficient (Wildman–Crippen LogP) is 2.07. The number of amides is 2. The minimum absolute atomic E-state index is 0.0396. The zero-order valence-electron chi connectivity index (χ0n) is 13.1. The normalized spacial score (nSPS) is 15.1. The fourth-order valence-electron chi connectivity index (χ4n) is 2.34. The van der Waals surface area contributed by atoms with E-state index in [-0.39, 0.29) is 12.1 Å². The van der Waals surface area contributed by atoms with Crippen molar-refractivity contribution < 1.29 is 9.53 Å². The molecule has 5 heteroatoms. The van der Waals surface area contributed by atoms with E-state index in [1.54, 1.807) is 4.90 Å². The molecule has 5 nitrogen and oxygen atoms in total. The number of carbonyl (C=O) groups excluding carboxylic acids is 1. The molecule has 0 aliphatic carbocycles. The summed E-state index contributed by atoms with van der Waals surface area (Å²) in [7, 11) is 1.81. The third-order valence-corrected chi connectivity index (χ3v) is 3.49. The van der Waals surface area contributed by atoms with Gasteiger partial charge in [-0.05, 0) is 31.5 Å². The molecule has 0 spiro atoms. The fourth-order valence-corrected chi connectivity index (χ4v) is 2.34. The number of nitrogens with one attached hydrogen (secondary N) is 1. The number of carbonyl (C=O) groups is 1. The second kappa shape index (κ2) is 7.31. The van der Waals surface area contributed by atoms with Gasteiger partial charge in [0.2, 0.25) is 0 Å². The van der Waals surface area contributed by atoms with Crippen molar-refractivity contribution in [1.29, 1.82) is 0 Å². The summed E-state index contributed by atoms with van der Waals surface area (Å²) in [4.78, 5) is 15.9. The number of ether oxygens (including phenoxy) is 1. The van der Waals surface area contributed by atoms with Crippen LogP contribution in [0.4, 0.5) is 10.5 Å². The number of anilines is 1. The van der Waals surface area contributed by atoms with Gasteiger partial charge >= 0.3 is 6.03 Å². The van der Waals surface area contributed by atoms with Gasteiger partial charge in [0.25, 0.3) is 0 Å². The molecule has 1 saturated heterocycles. The van der Waals surface area contributed by atoms with E-state index in [0.29, 0.717) is 6.54 Å². The summed E-state index contributed by atoms with van der Waals surface area (Å²) in [5, 5.41) is 2.89. The van der Waals surface area contributed by atoms with Crippen LogP contribution in [0.15, 0.2) is 24.3 Å². The van der Waals surface area contributed by atoms with E-state index >= 15 is 0 Å². The average Bonchev–Trinajstić information content (AvgIpc) is 2.48. The van der Waals surface area contributed by atoms with Gasteiger partial charge in [-0.15, -0.1) is 0 Å². The molecule has 0 radical (unpaired) electrons. The molecule has 0 atom stereocenters. The minimum Gasteiger partial charge on any atom is -0.378 e. The first kappa shape index (κ1) is 15.6. The van der Waals surface area contributed by atoms with Crippen molar-refractivity contribution >= 4 is 11.7 Å². The summed E-state index contributed by atoms with van der Waals surface area (Å²) in [5.74, 6) is 0. The Morgan fingerprint density at radius 3 is 2.48 bits per heavy atom. The highest BCUT2D eigenvalue weighted by Gasteiger charge is 2.12. The highest BCUT2D eigenvalue weighted by Crippen LogP contribution is 2.17. The topological polar surface area (TPSA) is 44.8 Å². The summed E-state index contributed by atoms with van der Waals surface area (Å²) in [6, 6.07) is 8.53. The smallest absolute Gasteiger partial charge is 0.317 e. The molecule has 1 aliphatic rings. The lowest BCUT2D eigenvalue weighted by molar-refractivity contribution is 0.122. The minimum atomic E-state index is -0.0396. The van der Waals surface area contributed by atoms with Gasteiger partial charge < -0.3 is 19.9 Å². The Kier molecular flexibility index (Phi) is 5.44. The van der Waals surface area contributed by atoms with Gasteiger partial charge in [0, 0.05) is 38.4 Å². The van der Waals surface area contributed by atoms with E-state index in [9.17, 15) is 4.79 Å². The first-order chi connectivity index (χ1) is 10.1. The molecule has 2 amide bonds. The molecule has 0 aromatic heterocycles. The number of benzene rings is 1. The monoisotopic (exact) mass is 291 g/mol. The van der Waals surface area contributed by atoms with E-state index in [2.05, 4.69) is 34.5 Å². The zero-order chi connectivity index (χ0) is 15.2. The van der Waals surface area contributed by atoms with Crippen molar-refractivity contribution in [2.45, 2.75) is 26.4 Å². The second-order valence-corrected chi connectivity index (χ2v) is 5.73. The van der Waals surface area contributed by atoms with Crippen molar-refractivity contribution in [3.05, 3.63) is 29.8 Å². The Bertz CT molecular complexity index is 453. The number of hydrogen-bond donors (Lipinski definition) is 1. The molecule has 0 bridgehead atoms. The van der Waals surface area contributed by atoms with E-state index in [0.717, 1.165) is 31.9 Å². The highest BCUT2D eigenvalue weighted by molar-refractivity contribution is 5.74. The Hall–Kier alpha value is -1.75. The van der Waals surface area contributed by atoms with Crippen LogP contribution in [0.2, 0.25) is 0 Å². The molecule has 1 heterocycles. The number of nitrogens with zero attached hydrogens (tertiary/aromatic N) is 2. The summed E-state index contributed by atoms with van der Waals surface area (Å²) in [6.07, 6.45) is 0. The average molecular weight is 291 g/mol. The Morgan fingerprint density at radius 2 is 1.90 bits per heavy atom. The van der Waals surface area contributed by atoms with Crippen LogP contribution in [0, 0.1) is 0 Å². The largest absolute Gasteiger partial charge is 0.378 e. The van der Waals surface area contributed by atoms with E-state index in [1.807, 2.05) is 20.9 Å². The van der Waals surface area contributed by atoms with Gasteiger partial charge in [-0.1, -0.05) is 12.1 Å². The van der Waals surface area contributed by atoms with Crippen LogP contribution < -0.4 is 10.2 Å². The molecular weight excluding hydrogens is 266 g/mol. The maximum atomic E-state index is 11.9. The molecule has 0 unspecified atom stereocenters. The van der Waals surface area contributed by atoms with Crippen LogP contribution in [0.1, 0.15) is 19.4 Å². The lowest BCUT2D eigenvalue weighted by atomic mass is 10.2. The lowest BCUT2D eigenvalue weighted by Crippen LogP contribution is -2.40. The Morgan fingerprint density at radius 1 is 1.29 bits per heavy atom. The van der Waals surface area contributed by atoms with Crippen molar-refractivity contribution in [2.75, 3.05) is 38.3 Å². The molecule has 1 aromatic carbocycles. The van der Waals surface area contributed by atoms with E-state index in [4.69, 9.17) is 4.74 Å². The zero-order valence-corrected chi connectivity index (χ0v) is 13.1. The number of morpholine rings is 1. The van der Waals surface area contributed by atoms with Crippen molar-refractivity contribution in [3.63, 3.8) is 0 Å². The van der Waals surface area contributed by atoms with Gasteiger partial charge in [-0.3, -0.25) is 0 Å². The third kappa shape index (κ3) is 4.63.